The van der Waals surface area contributed by atoms with E-state index >= 15 is 0 Å². The van der Waals surface area contributed by atoms with E-state index in [1.807, 2.05) is 36.9 Å². The molecule has 1 aliphatic heterocycles. The van der Waals surface area contributed by atoms with Gasteiger partial charge in [-0.1, -0.05) is 44.2 Å². The van der Waals surface area contributed by atoms with E-state index in [1.165, 1.54) is 18.2 Å². The number of sulfone groups is 1. The number of sulfonamides is 1. The predicted octanol–water partition coefficient (Wildman–Crippen LogP) is 0.396. The van der Waals surface area contributed by atoms with Crippen LogP contribution in [0.25, 0.3) is 0 Å². The highest BCUT2D eigenvalue weighted by Gasteiger charge is 2.45. The van der Waals surface area contributed by atoms with Crippen LogP contribution in [-0.2, 0) is 35.9 Å². The van der Waals surface area contributed by atoms with Crippen LogP contribution >= 0.6 is 0 Å². The van der Waals surface area contributed by atoms with Crippen molar-refractivity contribution in [1.29, 1.82) is 0 Å². The third-order valence-electron chi connectivity index (χ3n) is 7.30. The second-order valence-electron chi connectivity index (χ2n) is 11.7. The predicted molar refractivity (Wildman–Crippen MR) is 156 cm³/mol. The van der Waals surface area contributed by atoms with Gasteiger partial charge >= 0.3 is 0 Å². The molecule has 0 spiro atoms. The SMILES string of the molecule is CC(C)CN(CC(O)[C@H](Cc1ccccc1)NC(=O)[C@@H](NC(=O)CN1CCCC1)C(C)(C)S(C)(=O)=O)S(C)(=O)=O. The maximum Gasteiger partial charge on any atom is 0.244 e. The van der Waals surface area contributed by atoms with Crippen molar-refractivity contribution in [2.45, 2.75) is 69.9 Å². The standard InChI is InChI=1S/C27H46N4O7S2/c1-20(2)17-31(40(6,37)38)18-23(32)22(16-21-12-8-7-9-13-21)28-26(34)25(27(3,4)39(5,35)36)29-24(33)19-30-14-10-11-15-30/h7-9,12-13,20,22-23,25,32H,10-11,14-19H2,1-6H3,(H,28,34)(H,29,33)/t22-,23?,25+/m0/s1. The lowest BCUT2D eigenvalue weighted by Gasteiger charge is -2.35. The van der Waals surface area contributed by atoms with E-state index in [1.54, 1.807) is 12.1 Å². The molecule has 1 fully saturated rings. The van der Waals surface area contributed by atoms with Crippen molar-refractivity contribution in [1.82, 2.24) is 19.8 Å². The molecule has 3 N–H and O–H groups in total. The zero-order chi connectivity index (χ0) is 30.3. The summed E-state index contributed by atoms with van der Waals surface area (Å²) in [5.41, 5.74) is 0.776. The molecule has 2 rings (SSSR count). The molecule has 0 aromatic heterocycles. The zero-order valence-corrected chi connectivity index (χ0v) is 26.1. The van der Waals surface area contributed by atoms with Crippen LogP contribution in [0, 0.1) is 5.92 Å². The number of hydrogen-bond donors (Lipinski definition) is 3. The molecule has 0 aliphatic carbocycles. The Balaban J connectivity index is 2.37. The molecule has 228 valence electrons. The minimum atomic E-state index is -3.83. The first-order chi connectivity index (χ1) is 18.4. The van der Waals surface area contributed by atoms with Crippen LogP contribution in [0.3, 0.4) is 0 Å². The van der Waals surface area contributed by atoms with E-state index < -0.39 is 54.6 Å². The van der Waals surface area contributed by atoms with Gasteiger partial charge in [-0.15, -0.1) is 0 Å². The smallest absolute Gasteiger partial charge is 0.244 e. The number of benzene rings is 1. The summed E-state index contributed by atoms with van der Waals surface area (Å²) in [6.07, 6.45) is 2.83. The number of carbonyl (C=O) groups is 2. The molecular formula is C27H46N4O7S2. The van der Waals surface area contributed by atoms with E-state index in [2.05, 4.69) is 10.6 Å². The van der Waals surface area contributed by atoms with Crippen molar-refractivity contribution in [2.24, 2.45) is 5.92 Å². The van der Waals surface area contributed by atoms with Crippen LogP contribution in [0.15, 0.2) is 30.3 Å². The Morgan fingerprint density at radius 2 is 1.57 bits per heavy atom. The highest BCUT2D eigenvalue weighted by atomic mass is 32.2. The molecule has 40 heavy (non-hydrogen) atoms. The Hall–Kier alpha value is -2.06. The normalized spacial score (nSPS) is 17.5. The maximum atomic E-state index is 13.7. The number of hydrogen-bond acceptors (Lipinski definition) is 8. The first-order valence-corrected chi connectivity index (χ1v) is 17.3. The van der Waals surface area contributed by atoms with Crippen LogP contribution in [0.4, 0.5) is 0 Å². The van der Waals surface area contributed by atoms with Crippen molar-refractivity contribution in [3.8, 4) is 0 Å². The first-order valence-electron chi connectivity index (χ1n) is 13.6. The van der Waals surface area contributed by atoms with Crippen molar-refractivity contribution < 1.29 is 31.5 Å². The van der Waals surface area contributed by atoms with Gasteiger partial charge in [0.2, 0.25) is 21.8 Å². The van der Waals surface area contributed by atoms with Crippen molar-refractivity contribution in [3.05, 3.63) is 35.9 Å². The van der Waals surface area contributed by atoms with Gasteiger partial charge in [-0.3, -0.25) is 14.5 Å². The number of aliphatic hydroxyl groups is 1. The average molecular weight is 603 g/mol. The van der Waals surface area contributed by atoms with Crippen molar-refractivity contribution in [2.75, 3.05) is 45.2 Å². The van der Waals surface area contributed by atoms with Gasteiger partial charge in [-0.05, 0) is 57.7 Å². The van der Waals surface area contributed by atoms with Gasteiger partial charge in [0.05, 0.1) is 29.7 Å². The van der Waals surface area contributed by atoms with Crippen LogP contribution in [0.1, 0.15) is 46.1 Å². The maximum absolute atomic E-state index is 13.7. The summed E-state index contributed by atoms with van der Waals surface area (Å²) in [5, 5.41) is 16.6. The first kappa shape index (κ1) is 34.1. The fraction of sp³-hybridized carbons (Fsp3) is 0.704. The fourth-order valence-corrected chi connectivity index (χ4v) is 6.21. The Kier molecular flexibility index (Phi) is 12.1. The largest absolute Gasteiger partial charge is 0.390 e. The van der Waals surface area contributed by atoms with Crippen LogP contribution in [0.5, 0.6) is 0 Å². The summed E-state index contributed by atoms with van der Waals surface area (Å²) < 4.78 is 49.8. The third-order valence-corrected chi connectivity index (χ3v) is 10.7. The Morgan fingerprint density at radius 1 is 1.00 bits per heavy atom. The van der Waals surface area contributed by atoms with Gasteiger partial charge in [0, 0.05) is 19.3 Å². The number of nitrogens with one attached hydrogen (secondary N) is 2. The molecule has 0 saturated carbocycles. The lowest BCUT2D eigenvalue weighted by molar-refractivity contribution is -0.131. The molecule has 0 radical (unpaired) electrons. The Labute approximate surface area is 239 Å². The Bertz CT molecular complexity index is 1200. The third kappa shape index (κ3) is 10.1. The van der Waals surface area contributed by atoms with Crippen LogP contribution in [-0.4, -0.2) is 111 Å². The van der Waals surface area contributed by atoms with Gasteiger partial charge in [0.15, 0.2) is 9.84 Å². The molecular weight excluding hydrogens is 556 g/mol. The average Bonchev–Trinajstić information content (AvgIpc) is 3.33. The fourth-order valence-electron chi connectivity index (χ4n) is 4.63. The van der Waals surface area contributed by atoms with Gasteiger partial charge in [0.25, 0.3) is 0 Å². The number of carbonyl (C=O) groups excluding carboxylic acids is 2. The van der Waals surface area contributed by atoms with Crippen LogP contribution < -0.4 is 10.6 Å². The van der Waals surface area contributed by atoms with E-state index in [0.29, 0.717) is 0 Å². The second-order valence-corrected chi connectivity index (χ2v) is 16.3. The minimum Gasteiger partial charge on any atom is -0.390 e. The zero-order valence-electron chi connectivity index (χ0n) is 24.5. The molecule has 11 nitrogen and oxygen atoms in total. The summed E-state index contributed by atoms with van der Waals surface area (Å²) in [6.45, 7) is 7.91. The number of nitrogens with zero attached hydrogens (tertiary/aromatic N) is 2. The number of amides is 2. The van der Waals surface area contributed by atoms with Gasteiger partial charge in [-0.2, -0.15) is 4.31 Å². The lowest BCUT2D eigenvalue weighted by atomic mass is 9.98. The summed E-state index contributed by atoms with van der Waals surface area (Å²) in [6, 6.07) is 6.62. The van der Waals surface area contributed by atoms with Crippen molar-refractivity contribution >= 4 is 31.7 Å². The van der Waals surface area contributed by atoms with Gasteiger partial charge in [-0.25, -0.2) is 16.8 Å². The molecule has 0 bridgehead atoms. The number of aliphatic hydroxyl groups excluding tert-OH is 1. The topological polar surface area (TPSA) is 153 Å². The number of likely N-dealkylation sites (tertiary alicyclic amines) is 1. The summed E-state index contributed by atoms with van der Waals surface area (Å²) in [7, 11) is -7.48. The molecule has 1 aliphatic rings. The molecule has 1 unspecified atom stereocenters. The van der Waals surface area contributed by atoms with Gasteiger partial charge in [0.1, 0.15) is 6.04 Å². The monoisotopic (exact) mass is 602 g/mol. The van der Waals surface area contributed by atoms with E-state index in [4.69, 9.17) is 0 Å². The number of rotatable bonds is 15. The molecule has 1 saturated heterocycles. The van der Waals surface area contributed by atoms with Crippen molar-refractivity contribution in [3.63, 3.8) is 0 Å². The summed E-state index contributed by atoms with van der Waals surface area (Å²) in [5.74, 6) is -1.26. The quantitative estimate of drug-likeness (QED) is 0.261. The van der Waals surface area contributed by atoms with E-state index in [-0.39, 0.29) is 32.0 Å². The molecule has 1 aromatic rings. The molecule has 3 atom stereocenters. The molecule has 1 aromatic carbocycles. The summed E-state index contributed by atoms with van der Waals surface area (Å²) in [4.78, 5) is 28.6. The molecule has 2 amide bonds. The highest BCUT2D eigenvalue weighted by Crippen LogP contribution is 2.22. The van der Waals surface area contributed by atoms with E-state index in [0.717, 1.165) is 44.0 Å². The lowest BCUT2D eigenvalue weighted by Crippen LogP contribution is -2.64. The molecule has 1 heterocycles. The Morgan fingerprint density at radius 3 is 2.08 bits per heavy atom. The van der Waals surface area contributed by atoms with Gasteiger partial charge < -0.3 is 15.7 Å². The summed E-state index contributed by atoms with van der Waals surface area (Å²) >= 11 is 0. The van der Waals surface area contributed by atoms with Crippen LogP contribution in [0.2, 0.25) is 0 Å². The second kappa shape index (κ2) is 14.2. The van der Waals surface area contributed by atoms with E-state index in [9.17, 15) is 31.5 Å². The minimum absolute atomic E-state index is 0.00477. The highest BCUT2D eigenvalue weighted by molar-refractivity contribution is 7.92. The molecule has 13 heteroatoms.